The van der Waals surface area contributed by atoms with Gasteiger partial charge in [-0.1, -0.05) is 16.8 Å². The lowest BCUT2D eigenvalue weighted by Crippen LogP contribution is -2.14. The van der Waals surface area contributed by atoms with Crippen molar-refractivity contribution in [1.82, 2.24) is 0 Å². The van der Waals surface area contributed by atoms with Crippen LogP contribution in [-0.2, 0) is 0 Å². The number of rotatable bonds is 5. The van der Waals surface area contributed by atoms with E-state index in [1.54, 1.807) is 0 Å². The molecule has 4 N–H and O–H groups in total. The minimum atomic E-state index is -0.751. The van der Waals surface area contributed by atoms with Crippen molar-refractivity contribution in [3.63, 3.8) is 0 Å². The van der Waals surface area contributed by atoms with Gasteiger partial charge in [0.15, 0.2) is 5.82 Å². The molecule has 1 rings (SSSR count). The van der Waals surface area contributed by atoms with Crippen molar-refractivity contribution in [2.24, 2.45) is 10.9 Å². The smallest absolute Gasteiger partial charge is 0.150 e. The van der Waals surface area contributed by atoms with Crippen LogP contribution in [-0.4, -0.2) is 17.6 Å². The summed E-state index contributed by atoms with van der Waals surface area (Å²) in [6.45, 7) is 0.374. The third-order valence-corrected chi connectivity index (χ3v) is 2.34. The Morgan fingerprint density at radius 2 is 2.18 bits per heavy atom. The van der Waals surface area contributed by atoms with Crippen LogP contribution in [0.2, 0.25) is 5.02 Å². The molecule has 7 heteroatoms. The van der Waals surface area contributed by atoms with Crippen molar-refractivity contribution in [1.29, 1.82) is 0 Å². The summed E-state index contributed by atoms with van der Waals surface area (Å²) >= 11 is 5.67. The van der Waals surface area contributed by atoms with Crippen molar-refractivity contribution >= 4 is 23.1 Å². The number of oxime groups is 1. The van der Waals surface area contributed by atoms with Gasteiger partial charge < -0.3 is 16.3 Å². The van der Waals surface area contributed by atoms with E-state index in [1.165, 1.54) is 0 Å². The highest BCUT2D eigenvalue weighted by Crippen LogP contribution is 2.26. The maximum atomic E-state index is 13.3. The first-order valence-corrected chi connectivity index (χ1v) is 5.27. The molecule has 17 heavy (non-hydrogen) atoms. The number of anilines is 1. The lowest BCUT2D eigenvalue weighted by molar-refractivity contribution is 0.316. The number of hydrogen-bond donors (Lipinski definition) is 3. The molecule has 1 aromatic carbocycles. The third-order valence-electron chi connectivity index (χ3n) is 2.05. The quantitative estimate of drug-likeness (QED) is 0.251. The van der Waals surface area contributed by atoms with Gasteiger partial charge in [0, 0.05) is 19.0 Å². The lowest BCUT2D eigenvalue weighted by Gasteiger charge is -2.09. The summed E-state index contributed by atoms with van der Waals surface area (Å²) in [5.41, 5.74) is 5.30. The zero-order valence-corrected chi connectivity index (χ0v) is 9.64. The van der Waals surface area contributed by atoms with Gasteiger partial charge in [0.05, 0.1) is 10.7 Å². The summed E-state index contributed by atoms with van der Waals surface area (Å²) in [6.07, 6.45) is 0.896. The fraction of sp³-hybridized carbons (Fsp3) is 0.300. The zero-order chi connectivity index (χ0) is 12.8. The van der Waals surface area contributed by atoms with Crippen LogP contribution in [0.5, 0.6) is 0 Å². The van der Waals surface area contributed by atoms with E-state index in [0.29, 0.717) is 19.4 Å². The molecule has 0 aromatic heterocycles. The maximum Gasteiger partial charge on any atom is 0.150 e. The molecule has 0 atom stereocenters. The zero-order valence-electron chi connectivity index (χ0n) is 8.88. The van der Waals surface area contributed by atoms with Gasteiger partial charge in [0.25, 0.3) is 0 Å². The van der Waals surface area contributed by atoms with Crippen LogP contribution >= 0.6 is 11.6 Å². The Labute approximate surface area is 102 Å². The molecule has 0 aliphatic rings. The molecule has 0 bridgehead atoms. The van der Waals surface area contributed by atoms with Crippen LogP contribution in [0.1, 0.15) is 12.8 Å². The second-order valence-corrected chi connectivity index (χ2v) is 3.77. The second kappa shape index (κ2) is 6.24. The Hall–Kier alpha value is -1.56. The number of amidine groups is 1. The predicted molar refractivity (Wildman–Crippen MR) is 62.5 cm³/mol. The Kier molecular flexibility index (Phi) is 4.96. The maximum absolute atomic E-state index is 13.3. The molecule has 0 aliphatic heterocycles. The fourth-order valence-corrected chi connectivity index (χ4v) is 1.51. The molecule has 0 amide bonds. The van der Waals surface area contributed by atoms with Crippen molar-refractivity contribution in [3.05, 3.63) is 28.8 Å². The highest BCUT2D eigenvalue weighted by Gasteiger charge is 2.09. The van der Waals surface area contributed by atoms with Crippen molar-refractivity contribution in [3.8, 4) is 0 Å². The first-order chi connectivity index (χ1) is 8.04. The van der Waals surface area contributed by atoms with E-state index >= 15 is 0 Å². The highest BCUT2D eigenvalue weighted by molar-refractivity contribution is 6.33. The summed E-state index contributed by atoms with van der Waals surface area (Å²) in [6, 6.07) is 1.77. The number of nitrogens with two attached hydrogens (primary N) is 1. The topological polar surface area (TPSA) is 70.6 Å². The Balaban J connectivity index is 2.52. The van der Waals surface area contributed by atoms with Crippen molar-refractivity contribution in [2.45, 2.75) is 12.8 Å². The van der Waals surface area contributed by atoms with Crippen LogP contribution in [0.4, 0.5) is 14.5 Å². The van der Waals surface area contributed by atoms with E-state index in [0.717, 1.165) is 12.1 Å². The molecule has 0 aliphatic carbocycles. The molecular weight excluding hydrogens is 252 g/mol. The number of halogens is 3. The molecule has 0 heterocycles. The van der Waals surface area contributed by atoms with E-state index in [9.17, 15) is 8.78 Å². The molecule has 0 saturated carbocycles. The van der Waals surface area contributed by atoms with Gasteiger partial charge in [-0.25, -0.2) is 8.78 Å². The van der Waals surface area contributed by atoms with Crippen molar-refractivity contribution in [2.75, 3.05) is 11.9 Å². The van der Waals surface area contributed by atoms with Gasteiger partial charge in [0.2, 0.25) is 0 Å². The normalized spacial score (nSPS) is 11.6. The van der Waals surface area contributed by atoms with Crippen LogP contribution in [0, 0.1) is 11.6 Å². The number of hydrogen-bond acceptors (Lipinski definition) is 3. The van der Waals surface area contributed by atoms with Gasteiger partial charge in [-0.2, -0.15) is 0 Å². The molecule has 0 fully saturated rings. The van der Waals surface area contributed by atoms with Gasteiger partial charge in [-0.05, 0) is 12.5 Å². The summed E-state index contributed by atoms with van der Waals surface area (Å²) in [5.74, 6) is -1.38. The van der Waals surface area contributed by atoms with Crippen molar-refractivity contribution < 1.29 is 14.0 Å². The molecule has 0 unspecified atom stereocenters. The number of nitrogens with zero attached hydrogens (tertiary/aromatic N) is 1. The minimum Gasteiger partial charge on any atom is -0.409 e. The molecule has 0 radical (unpaired) electrons. The van der Waals surface area contributed by atoms with Crippen LogP contribution in [0.3, 0.4) is 0 Å². The summed E-state index contributed by atoms with van der Waals surface area (Å²) in [7, 11) is 0. The van der Waals surface area contributed by atoms with Gasteiger partial charge in [0.1, 0.15) is 11.7 Å². The summed E-state index contributed by atoms with van der Waals surface area (Å²) in [5, 5.41) is 13.8. The van der Waals surface area contributed by atoms with Gasteiger partial charge in [-0.3, -0.25) is 0 Å². The number of nitrogens with one attached hydrogen (secondary N) is 1. The standard InChI is InChI=1S/C10H12ClF2N3O/c11-7-4-6(12)5-8(13)10(7)15-3-1-2-9(14)16-17/h4-5,15,17H,1-3H2,(H2,14,16). The van der Waals surface area contributed by atoms with E-state index in [-0.39, 0.29) is 16.5 Å². The third kappa shape index (κ3) is 4.07. The first-order valence-electron chi connectivity index (χ1n) is 4.89. The van der Waals surface area contributed by atoms with E-state index in [4.69, 9.17) is 22.5 Å². The predicted octanol–water partition coefficient (Wildman–Crippen LogP) is 2.56. The monoisotopic (exact) mass is 263 g/mol. The van der Waals surface area contributed by atoms with Crippen LogP contribution in [0.15, 0.2) is 17.3 Å². The Morgan fingerprint density at radius 3 is 2.76 bits per heavy atom. The SMILES string of the molecule is NC(CCCNc1c(F)cc(F)cc1Cl)=NO. The van der Waals surface area contributed by atoms with Crippen LogP contribution < -0.4 is 11.1 Å². The Bertz CT molecular complexity index is 403. The summed E-state index contributed by atoms with van der Waals surface area (Å²) < 4.78 is 26.0. The molecule has 0 spiro atoms. The largest absolute Gasteiger partial charge is 0.409 e. The summed E-state index contributed by atoms with van der Waals surface area (Å²) in [4.78, 5) is 0. The first kappa shape index (κ1) is 13.5. The molecule has 94 valence electrons. The lowest BCUT2D eigenvalue weighted by atomic mass is 10.2. The van der Waals surface area contributed by atoms with E-state index in [1.807, 2.05) is 0 Å². The molecule has 4 nitrogen and oxygen atoms in total. The molecule has 0 saturated heterocycles. The average molecular weight is 264 g/mol. The van der Waals surface area contributed by atoms with E-state index in [2.05, 4.69) is 10.5 Å². The second-order valence-electron chi connectivity index (χ2n) is 3.37. The Morgan fingerprint density at radius 1 is 1.47 bits per heavy atom. The molecular formula is C10H12ClF2N3O. The minimum absolute atomic E-state index is 0.0219. The van der Waals surface area contributed by atoms with Crippen LogP contribution in [0.25, 0.3) is 0 Å². The molecule has 1 aromatic rings. The highest BCUT2D eigenvalue weighted by atomic mass is 35.5. The van der Waals surface area contributed by atoms with Gasteiger partial charge >= 0.3 is 0 Å². The van der Waals surface area contributed by atoms with Gasteiger partial charge in [-0.15, -0.1) is 0 Å². The van der Waals surface area contributed by atoms with E-state index < -0.39 is 11.6 Å². The average Bonchev–Trinajstić information content (AvgIpc) is 2.26. The fourth-order valence-electron chi connectivity index (χ4n) is 1.24. The number of benzene rings is 1.